The van der Waals surface area contributed by atoms with E-state index in [1.165, 1.54) is 5.56 Å². The molecule has 0 spiro atoms. The summed E-state index contributed by atoms with van der Waals surface area (Å²) in [5.41, 5.74) is 2.00. The van der Waals surface area contributed by atoms with Crippen molar-refractivity contribution in [3.05, 3.63) is 47.0 Å². The highest BCUT2D eigenvalue weighted by atomic mass is 15.4. The van der Waals surface area contributed by atoms with Crippen molar-refractivity contribution in [2.75, 3.05) is 19.6 Å². The van der Waals surface area contributed by atoms with Crippen LogP contribution in [0.3, 0.4) is 0 Å². The fourth-order valence-electron chi connectivity index (χ4n) is 3.72. The molecule has 1 aromatic heterocycles. The Hall–Kier alpha value is -2.23. The maximum Gasteiger partial charge on any atom is 0.147 e. The summed E-state index contributed by atoms with van der Waals surface area (Å²) >= 11 is 0. The van der Waals surface area contributed by atoms with E-state index in [2.05, 4.69) is 49.7 Å². The number of aromatic nitrogens is 3. The minimum Gasteiger partial charge on any atom is -0.313 e. The van der Waals surface area contributed by atoms with Gasteiger partial charge in [-0.15, -0.1) is 10.2 Å². The lowest BCUT2D eigenvalue weighted by Crippen LogP contribution is -2.60. The van der Waals surface area contributed by atoms with E-state index < -0.39 is 0 Å². The molecule has 124 valence electrons. The molecule has 6 nitrogen and oxygen atoms in total. The molecule has 3 heterocycles. The summed E-state index contributed by atoms with van der Waals surface area (Å²) in [4.78, 5) is 5.03. The van der Waals surface area contributed by atoms with Crippen molar-refractivity contribution in [3.63, 3.8) is 0 Å². The monoisotopic (exact) mass is 322 g/mol. The second-order valence-electron chi connectivity index (χ2n) is 6.80. The molecule has 2 aromatic rings. The number of hydrogen-bond acceptors (Lipinski definition) is 5. The third kappa shape index (κ3) is 2.60. The van der Waals surface area contributed by atoms with Crippen molar-refractivity contribution in [3.8, 4) is 6.07 Å². The molecular weight excluding hydrogens is 300 g/mol. The zero-order valence-electron chi connectivity index (χ0n) is 14.2. The molecule has 0 radical (unpaired) electrons. The molecule has 6 heteroatoms. The molecule has 1 fully saturated rings. The fraction of sp³-hybridized carbons (Fsp3) is 0.500. The van der Waals surface area contributed by atoms with Crippen molar-refractivity contribution >= 4 is 0 Å². The van der Waals surface area contributed by atoms with Crippen molar-refractivity contribution in [2.24, 2.45) is 0 Å². The van der Waals surface area contributed by atoms with E-state index in [1.807, 2.05) is 19.1 Å². The first-order valence-corrected chi connectivity index (χ1v) is 8.52. The zero-order valence-corrected chi connectivity index (χ0v) is 14.2. The molecule has 24 heavy (non-hydrogen) atoms. The van der Waals surface area contributed by atoms with E-state index in [-0.39, 0.29) is 0 Å². The first-order valence-electron chi connectivity index (χ1n) is 8.52. The van der Waals surface area contributed by atoms with Crippen LogP contribution in [0, 0.1) is 18.3 Å². The molecule has 0 bridgehead atoms. The Balaban J connectivity index is 1.35. The van der Waals surface area contributed by atoms with E-state index in [4.69, 9.17) is 5.26 Å². The van der Waals surface area contributed by atoms with Gasteiger partial charge in [-0.1, -0.05) is 12.1 Å². The van der Waals surface area contributed by atoms with Gasteiger partial charge < -0.3 is 4.57 Å². The predicted molar refractivity (Wildman–Crippen MR) is 90.1 cm³/mol. The zero-order chi connectivity index (χ0) is 16.7. The number of aryl methyl sites for hydroxylation is 1. The first kappa shape index (κ1) is 15.3. The van der Waals surface area contributed by atoms with Crippen LogP contribution in [-0.4, -0.2) is 50.2 Å². The third-order valence-electron chi connectivity index (χ3n) is 5.44. The molecule has 1 saturated heterocycles. The number of nitrogens with zero attached hydrogens (tertiary/aromatic N) is 6. The molecular formula is C18H22N6. The topological polar surface area (TPSA) is 61.0 Å². The molecule has 1 aromatic carbocycles. The van der Waals surface area contributed by atoms with Crippen LogP contribution < -0.4 is 0 Å². The predicted octanol–water partition coefficient (Wildman–Crippen LogP) is 1.72. The van der Waals surface area contributed by atoms with Gasteiger partial charge in [0.1, 0.15) is 11.6 Å². The average molecular weight is 322 g/mol. The van der Waals surface area contributed by atoms with Gasteiger partial charge in [-0.05, 0) is 31.5 Å². The number of nitriles is 1. The molecule has 2 aliphatic heterocycles. The van der Waals surface area contributed by atoms with Crippen LogP contribution in [0.4, 0.5) is 0 Å². The minimum atomic E-state index is 0.393. The highest BCUT2D eigenvalue weighted by Gasteiger charge is 2.36. The summed E-state index contributed by atoms with van der Waals surface area (Å²) in [5, 5.41) is 17.4. The number of benzene rings is 1. The molecule has 4 rings (SSSR count). The SMILES string of the molecule is Cc1nnc2n1CCN(C1CN([C@@H](C)c3ccc(C#N)cc3)C1)C2. The van der Waals surface area contributed by atoms with Gasteiger partial charge in [0.25, 0.3) is 0 Å². The Morgan fingerprint density at radius 1 is 1.17 bits per heavy atom. The quantitative estimate of drug-likeness (QED) is 0.861. The lowest BCUT2D eigenvalue weighted by atomic mass is 9.98. The minimum absolute atomic E-state index is 0.393. The second kappa shape index (κ2) is 6.00. The highest BCUT2D eigenvalue weighted by Crippen LogP contribution is 2.29. The summed E-state index contributed by atoms with van der Waals surface area (Å²) in [5.74, 6) is 2.12. The van der Waals surface area contributed by atoms with Gasteiger partial charge in [0, 0.05) is 38.3 Å². The smallest absolute Gasteiger partial charge is 0.147 e. The normalized spacial score (nSPS) is 20.2. The van der Waals surface area contributed by atoms with Gasteiger partial charge in [0.2, 0.25) is 0 Å². The van der Waals surface area contributed by atoms with Crippen LogP contribution in [0.1, 0.15) is 35.7 Å². The summed E-state index contributed by atoms with van der Waals surface area (Å²) < 4.78 is 2.23. The van der Waals surface area contributed by atoms with Crippen LogP contribution in [-0.2, 0) is 13.1 Å². The van der Waals surface area contributed by atoms with Crippen LogP contribution in [0.5, 0.6) is 0 Å². The average Bonchev–Trinajstić information content (AvgIpc) is 2.94. The lowest BCUT2D eigenvalue weighted by molar-refractivity contribution is -0.00465. The van der Waals surface area contributed by atoms with Crippen molar-refractivity contribution in [2.45, 2.75) is 39.0 Å². The Kier molecular flexibility index (Phi) is 3.83. The Labute approximate surface area is 142 Å². The number of likely N-dealkylation sites (tertiary alicyclic amines) is 1. The van der Waals surface area contributed by atoms with Gasteiger partial charge in [-0.3, -0.25) is 9.80 Å². The standard InChI is InChI=1S/C18H22N6/c1-13(16-5-3-15(9-19)4-6-16)23-10-17(11-23)22-7-8-24-14(2)20-21-18(24)12-22/h3-6,13,17H,7-8,10-12H2,1-2H3/t13-/m0/s1. The van der Waals surface area contributed by atoms with E-state index in [9.17, 15) is 0 Å². The largest absolute Gasteiger partial charge is 0.313 e. The van der Waals surface area contributed by atoms with Crippen molar-refractivity contribution < 1.29 is 0 Å². The molecule has 1 atom stereocenters. The summed E-state index contributed by atoms with van der Waals surface area (Å²) in [6, 6.07) is 11.1. The summed E-state index contributed by atoms with van der Waals surface area (Å²) in [6.45, 7) is 9.43. The van der Waals surface area contributed by atoms with E-state index in [0.717, 1.165) is 49.9 Å². The number of fused-ring (bicyclic) bond motifs is 1. The van der Waals surface area contributed by atoms with Gasteiger partial charge in [-0.2, -0.15) is 5.26 Å². The molecule has 2 aliphatic rings. The third-order valence-corrected chi connectivity index (χ3v) is 5.44. The van der Waals surface area contributed by atoms with Crippen molar-refractivity contribution in [1.29, 1.82) is 5.26 Å². The highest BCUT2D eigenvalue weighted by molar-refractivity contribution is 5.32. The van der Waals surface area contributed by atoms with Gasteiger partial charge in [0.15, 0.2) is 0 Å². The van der Waals surface area contributed by atoms with Crippen LogP contribution in [0.2, 0.25) is 0 Å². The molecule has 0 N–H and O–H groups in total. The van der Waals surface area contributed by atoms with Crippen molar-refractivity contribution in [1.82, 2.24) is 24.6 Å². The van der Waals surface area contributed by atoms with Crippen LogP contribution in [0.15, 0.2) is 24.3 Å². The number of rotatable bonds is 3. The van der Waals surface area contributed by atoms with Gasteiger partial charge in [-0.25, -0.2) is 0 Å². The van der Waals surface area contributed by atoms with E-state index in [1.54, 1.807) is 0 Å². The molecule has 0 amide bonds. The fourth-order valence-corrected chi connectivity index (χ4v) is 3.72. The van der Waals surface area contributed by atoms with Gasteiger partial charge >= 0.3 is 0 Å². The van der Waals surface area contributed by atoms with E-state index in [0.29, 0.717) is 12.1 Å². The molecule has 0 aliphatic carbocycles. The maximum atomic E-state index is 8.91. The lowest BCUT2D eigenvalue weighted by Gasteiger charge is -2.49. The summed E-state index contributed by atoms with van der Waals surface area (Å²) in [6.07, 6.45) is 0. The Morgan fingerprint density at radius 3 is 2.62 bits per heavy atom. The van der Waals surface area contributed by atoms with E-state index >= 15 is 0 Å². The van der Waals surface area contributed by atoms with Crippen LogP contribution >= 0.6 is 0 Å². The van der Waals surface area contributed by atoms with Gasteiger partial charge in [0.05, 0.1) is 18.2 Å². The molecule has 0 saturated carbocycles. The first-order chi connectivity index (χ1) is 11.7. The number of hydrogen-bond donors (Lipinski definition) is 0. The van der Waals surface area contributed by atoms with Crippen LogP contribution in [0.25, 0.3) is 0 Å². The Morgan fingerprint density at radius 2 is 1.92 bits per heavy atom. The summed E-state index contributed by atoms with van der Waals surface area (Å²) in [7, 11) is 0. The Bertz CT molecular complexity index is 766. The maximum absolute atomic E-state index is 8.91. The molecule has 0 unspecified atom stereocenters. The second-order valence-corrected chi connectivity index (χ2v) is 6.80.